The van der Waals surface area contributed by atoms with Crippen molar-refractivity contribution in [2.45, 2.75) is 198 Å². The van der Waals surface area contributed by atoms with Gasteiger partial charge >= 0.3 is 5.97 Å². The maximum atomic E-state index is 13.1. The van der Waals surface area contributed by atoms with Gasteiger partial charge in [0.1, 0.15) is 61.0 Å². The van der Waals surface area contributed by atoms with Crippen LogP contribution in [0.15, 0.2) is 12.2 Å². The SMILES string of the molecule is C=C(C)C1CCC2(C(=O)O)CCC3(C)C(CCC4C5(C)CCC(OC6OCC(O)C(O)C6OC6OC(C)C(O)C(OC7OC(CO)C(O)C(O)C7O)C6O)C(C)(CO)C5CCC43C)C12. The van der Waals surface area contributed by atoms with E-state index < -0.39 is 116 Å². The van der Waals surface area contributed by atoms with Crippen molar-refractivity contribution in [3.63, 3.8) is 0 Å². The summed E-state index contributed by atoms with van der Waals surface area (Å²) < 4.78 is 36.2. The summed E-state index contributed by atoms with van der Waals surface area (Å²) in [5.41, 5.74) is -0.722. The Morgan fingerprint density at radius 3 is 2.03 bits per heavy atom. The van der Waals surface area contributed by atoms with Gasteiger partial charge < -0.3 is 79.5 Å². The van der Waals surface area contributed by atoms with Crippen LogP contribution in [0.3, 0.4) is 0 Å². The lowest BCUT2D eigenvalue weighted by Gasteiger charge is -2.73. The molecule has 0 aromatic heterocycles. The minimum atomic E-state index is -1.82. The molecule has 17 heteroatoms. The number of carbonyl (C=O) groups is 1. The molecule has 25 unspecified atom stereocenters. The van der Waals surface area contributed by atoms with E-state index in [-0.39, 0.29) is 53.1 Å². The molecule has 8 aliphatic rings. The molecule has 0 spiro atoms. The second kappa shape index (κ2) is 17.5. The molecular weight excluding hydrogens is 836 g/mol. The Labute approximate surface area is 376 Å². The second-order valence-electron chi connectivity index (χ2n) is 22.3. The van der Waals surface area contributed by atoms with E-state index in [2.05, 4.69) is 41.2 Å². The third kappa shape index (κ3) is 7.31. The van der Waals surface area contributed by atoms with Gasteiger partial charge in [-0.25, -0.2) is 0 Å². The lowest BCUT2D eigenvalue weighted by molar-refractivity contribution is -0.383. The van der Waals surface area contributed by atoms with E-state index in [4.69, 9.17) is 28.4 Å². The van der Waals surface area contributed by atoms with Gasteiger partial charge in [-0.15, -0.1) is 0 Å². The van der Waals surface area contributed by atoms with Crippen LogP contribution in [0.25, 0.3) is 0 Å². The number of carboxylic acids is 1. The summed E-state index contributed by atoms with van der Waals surface area (Å²) in [5.74, 6) is 0.213. The molecule has 10 N–H and O–H groups in total. The fourth-order valence-electron chi connectivity index (χ4n) is 15.7. The predicted octanol–water partition coefficient (Wildman–Crippen LogP) is 1.20. The quantitative estimate of drug-likeness (QED) is 0.109. The Bertz CT molecular complexity index is 1720. The van der Waals surface area contributed by atoms with Gasteiger partial charge in [-0.2, -0.15) is 0 Å². The normalized spacial score (nSPS) is 56.3. The van der Waals surface area contributed by atoms with Crippen molar-refractivity contribution < 1.29 is 84.3 Å². The number of aliphatic hydroxyl groups excluding tert-OH is 9. The van der Waals surface area contributed by atoms with Crippen LogP contribution in [0, 0.1) is 56.7 Å². The van der Waals surface area contributed by atoms with E-state index in [1.807, 2.05) is 0 Å². The predicted molar refractivity (Wildman–Crippen MR) is 225 cm³/mol. The van der Waals surface area contributed by atoms with Crippen molar-refractivity contribution in [1.29, 1.82) is 0 Å². The van der Waals surface area contributed by atoms with Crippen molar-refractivity contribution in [3.05, 3.63) is 12.2 Å². The molecule has 366 valence electrons. The van der Waals surface area contributed by atoms with Gasteiger partial charge in [0.2, 0.25) is 0 Å². The first-order valence-corrected chi connectivity index (χ1v) is 23.8. The maximum absolute atomic E-state index is 13.1. The molecule has 0 bridgehead atoms. The Balaban J connectivity index is 1.00. The van der Waals surface area contributed by atoms with Crippen LogP contribution in [0.1, 0.15) is 106 Å². The first kappa shape index (κ1) is 49.0. The molecule has 17 nitrogen and oxygen atoms in total. The van der Waals surface area contributed by atoms with Gasteiger partial charge in [0.25, 0.3) is 0 Å². The van der Waals surface area contributed by atoms with Crippen LogP contribution in [0.2, 0.25) is 0 Å². The monoisotopic (exact) mass is 913 g/mol. The van der Waals surface area contributed by atoms with Gasteiger partial charge in [-0.3, -0.25) is 4.79 Å². The molecular formula is C47H76O17. The summed E-state index contributed by atoms with van der Waals surface area (Å²) in [7, 11) is 0. The van der Waals surface area contributed by atoms with E-state index in [0.717, 1.165) is 50.5 Å². The van der Waals surface area contributed by atoms with Gasteiger partial charge in [-0.1, -0.05) is 39.8 Å². The number of fused-ring (bicyclic) bond motifs is 7. The molecule has 0 aromatic carbocycles. The molecule has 3 aliphatic heterocycles. The Hall–Kier alpha value is -1.39. The molecule has 5 saturated carbocycles. The lowest BCUT2D eigenvalue weighted by atomic mass is 9.32. The van der Waals surface area contributed by atoms with Crippen LogP contribution >= 0.6 is 0 Å². The number of hydrogen-bond donors (Lipinski definition) is 10. The summed E-state index contributed by atoms with van der Waals surface area (Å²) >= 11 is 0. The zero-order valence-corrected chi connectivity index (χ0v) is 38.3. The van der Waals surface area contributed by atoms with Crippen LogP contribution in [-0.2, 0) is 33.2 Å². The minimum absolute atomic E-state index is 0.0305. The number of rotatable bonds is 10. The number of aliphatic carboxylic acids is 1. The van der Waals surface area contributed by atoms with E-state index in [0.29, 0.717) is 25.2 Å². The van der Waals surface area contributed by atoms with Gasteiger partial charge in [0.15, 0.2) is 18.9 Å². The third-order valence-corrected chi connectivity index (χ3v) is 19.5. The van der Waals surface area contributed by atoms with E-state index in [1.165, 1.54) is 6.92 Å². The van der Waals surface area contributed by atoms with Crippen molar-refractivity contribution in [1.82, 2.24) is 0 Å². The summed E-state index contributed by atoms with van der Waals surface area (Å²) in [6, 6.07) is 0. The number of aliphatic hydroxyl groups is 9. The zero-order chi connectivity index (χ0) is 46.6. The smallest absolute Gasteiger partial charge is 0.309 e. The van der Waals surface area contributed by atoms with E-state index >= 15 is 0 Å². The highest BCUT2D eigenvalue weighted by molar-refractivity contribution is 5.76. The standard InChI is InChI=1S/C47H76O17/c1-21(2)23-10-15-47(42(57)58)17-16-45(6)24(30(23)47)8-9-28-43(4)13-12-29(44(5,20-49)27(43)11-14-46(28,45)7)62-41-38(32(52)25(50)19-59-41)64-40-36(56)37(31(51)22(3)60-40)63-39-35(55)34(54)33(53)26(18-48)61-39/h22-41,48-56H,1,8-20H2,2-7H3,(H,57,58). The third-order valence-electron chi connectivity index (χ3n) is 19.5. The highest BCUT2D eigenvalue weighted by Crippen LogP contribution is 2.77. The van der Waals surface area contributed by atoms with E-state index in [9.17, 15) is 55.9 Å². The zero-order valence-electron chi connectivity index (χ0n) is 38.3. The fraction of sp³-hybridized carbons (Fsp3) is 0.936. The molecule has 25 atom stereocenters. The van der Waals surface area contributed by atoms with Crippen LogP contribution in [0.5, 0.6) is 0 Å². The number of ether oxygens (including phenoxy) is 6. The lowest BCUT2D eigenvalue weighted by Crippen LogP contribution is -2.68. The Kier molecular flexibility index (Phi) is 13.4. The molecule has 3 saturated heterocycles. The summed E-state index contributed by atoms with van der Waals surface area (Å²) in [6.07, 6.45) is -14.0. The summed E-state index contributed by atoms with van der Waals surface area (Å²) in [6.45, 7) is 16.1. The largest absolute Gasteiger partial charge is 0.481 e. The van der Waals surface area contributed by atoms with Gasteiger partial charge in [0, 0.05) is 5.41 Å². The molecule has 5 aliphatic carbocycles. The summed E-state index contributed by atoms with van der Waals surface area (Å²) in [5, 5.41) is 108. The number of hydrogen-bond acceptors (Lipinski definition) is 16. The first-order chi connectivity index (χ1) is 30.0. The average Bonchev–Trinajstić information content (AvgIpc) is 3.67. The van der Waals surface area contributed by atoms with Crippen molar-refractivity contribution in [2.75, 3.05) is 19.8 Å². The molecule has 0 amide bonds. The Morgan fingerprint density at radius 2 is 1.38 bits per heavy atom. The van der Waals surface area contributed by atoms with Crippen LogP contribution in [-0.4, -0.2) is 169 Å². The topological polar surface area (TPSA) is 275 Å². The molecule has 0 radical (unpaired) electrons. The highest BCUT2D eigenvalue weighted by atomic mass is 16.8. The van der Waals surface area contributed by atoms with Crippen LogP contribution < -0.4 is 0 Å². The van der Waals surface area contributed by atoms with Crippen molar-refractivity contribution in [3.8, 4) is 0 Å². The van der Waals surface area contributed by atoms with Gasteiger partial charge in [-0.05, 0) is 124 Å². The summed E-state index contributed by atoms with van der Waals surface area (Å²) in [4.78, 5) is 13.1. The first-order valence-electron chi connectivity index (χ1n) is 23.8. The number of allylic oxidation sites excluding steroid dienone is 1. The van der Waals surface area contributed by atoms with Gasteiger partial charge in [0.05, 0.1) is 37.4 Å². The molecule has 3 heterocycles. The average molecular weight is 913 g/mol. The van der Waals surface area contributed by atoms with Crippen molar-refractivity contribution >= 4 is 5.97 Å². The van der Waals surface area contributed by atoms with E-state index in [1.54, 1.807) is 0 Å². The fourth-order valence-corrected chi connectivity index (χ4v) is 15.7. The highest BCUT2D eigenvalue weighted by Gasteiger charge is 2.72. The minimum Gasteiger partial charge on any atom is -0.481 e. The molecule has 64 heavy (non-hydrogen) atoms. The second-order valence-corrected chi connectivity index (χ2v) is 22.3. The van der Waals surface area contributed by atoms with Crippen LogP contribution in [0.4, 0.5) is 0 Å². The molecule has 0 aromatic rings. The molecule has 8 rings (SSSR count). The van der Waals surface area contributed by atoms with Crippen molar-refractivity contribution in [2.24, 2.45) is 56.7 Å². The maximum Gasteiger partial charge on any atom is 0.309 e. The number of carboxylic acid groups (broad SMARTS) is 1. The molecule has 8 fully saturated rings. The Morgan fingerprint density at radius 1 is 0.688 bits per heavy atom.